The van der Waals surface area contributed by atoms with Crippen LogP contribution in [0.1, 0.15) is 51.5 Å². The van der Waals surface area contributed by atoms with Crippen molar-refractivity contribution < 1.29 is 8.42 Å². The number of pyridine rings is 1. The molecule has 0 aromatic carbocycles. The summed E-state index contributed by atoms with van der Waals surface area (Å²) in [7, 11) is -1.68. The van der Waals surface area contributed by atoms with Gasteiger partial charge in [-0.15, -0.1) is 0 Å². The third kappa shape index (κ3) is 6.11. The second-order valence-electron chi connectivity index (χ2n) is 5.28. The van der Waals surface area contributed by atoms with Crippen molar-refractivity contribution in [1.82, 2.24) is 15.0 Å². The van der Waals surface area contributed by atoms with Crippen molar-refractivity contribution >= 4 is 10.0 Å². The first-order chi connectivity index (χ1) is 10.0. The standard InChI is InChI=1S/C15H27N3O2S/c1-4-6-8-14(7-5-2)18-21(19,20)15-10-9-13(11-16-3)12-17-15/h9-10,12,14,16,18H,4-8,11H2,1-3H3. The van der Waals surface area contributed by atoms with Gasteiger partial charge in [0.1, 0.15) is 0 Å². The predicted octanol–water partition coefficient (Wildman–Crippen LogP) is 2.44. The molecule has 0 saturated carbocycles. The zero-order valence-electron chi connectivity index (χ0n) is 13.2. The van der Waals surface area contributed by atoms with Crippen LogP contribution in [-0.4, -0.2) is 26.5 Å². The number of unbranched alkanes of at least 4 members (excludes halogenated alkanes) is 1. The minimum Gasteiger partial charge on any atom is -0.316 e. The Labute approximate surface area is 128 Å². The Bertz CT molecular complexity index is 500. The molecule has 1 aromatic rings. The second-order valence-corrected chi connectivity index (χ2v) is 6.94. The number of hydrogen-bond acceptors (Lipinski definition) is 4. The van der Waals surface area contributed by atoms with E-state index >= 15 is 0 Å². The maximum Gasteiger partial charge on any atom is 0.258 e. The van der Waals surface area contributed by atoms with Gasteiger partial charge in [0.2, 0.25) is 0 Å². The molecule has 0 amide bonds. The molecule has 0 aliphatic heterocycles. The van der Waals surface area contributed by atoms with Crippen molar-refractivity contribution in [2.75, 3.05) is 7.05 Å². The van der Waals surface area contributed by atoms with Crippen LogP contribution in [0.25, 0.3) is 0 Å². The fourth-order valence-electron chi connectivity index (χ4n) is 2.22. The summed E-state index contributed by atoms with van der Waals surface area (Å²) in [6.07, 6.45) is 6.40. The monoisotopic (exact) mass is 313 g/mol. The Morgan fingerprint density at radius 1 is 1.19 bits per heavy atom. The van der Waals surface area contributed by atoms with Gasteiger partial charge in [-0.1, -0.05) is 39.2 Å². The minimum absolute atomic E-state index is 0.00117. The number of nitrogens with zero attached hydrogens (tertiary/aromatic N) is 1. The maximum atomic E-state index is 12.4. The lowest BCUT2D eigenvalue weighted by atomic mass is 10.1. The zero-order valence-corrected chi connectivity index (χ0v) is 14.0. The number of sulfonamides is 1. The molecule has 1 aromatic heterocycles. The average molecular weight is 313 g/mol. The number of hydrogen-bond donors (Lipinski definition) is 2. The summed E-state index contributed by atoms with van der Waals surface area (Å²) in [6.45, 7) is 4.85. The molecule has 6 heteroatoms. The minimum atomic E-state index is -3.53. The van der Waals surface area contributed by atoms with Crippen LogP contribution < -0.4 is 10.0 Å². The van der Waals surface area contributed by atoms with Crippen molar-refractivity contribution in [2.45, 2.75) is 63.6 Å². The molecule has 0 radical (unpaired) electrons. The van der Waals surface area contributed by atoms with E-state index in [0.29, 0.717) is 6.54 Å². The van der Waals surface area contributed by atoms with Gasteiger partial charge < -0.3 is 5.32 Å². The Morgan fingerprint density at radius 2 is 1.95 bits per heavy atom. The van der Waals surface area contributed by atoms with E-state index in [0.717, 1.165) is 37.7 Å². The molecule has 0 spiro atoms. The van der Waals surface area contributed by atoms with Gasteiger partial charge in [0.25, 0.3) is 10.0 Å². The molecule has 2 N–H and O–H groups in total. The molecule has 1 unspecified atom stereocenters. The summed E-state index contributed by atoms with van der Waals surface area (Å²) in [5.74, 6) is 0. The van der Waals surface area contributed by atoms with Crippen LogP contribution in [0, 0.1) is 0 Å². The Morgan fingerprint density at radius 3 is 2.48 bits per heavy atom. The van der Waals surface area contributed by atoms with E-state index in [9.17, 15) is 8.42 Å². The first-order valence-electron chi connectivity index (χ1n) is 7.65. The largest absolute Gasteiger partial charge is 0.316 e. The summed E-state index contributed by atoms with van der Waals surface area (Å²) in [5, 5.41) is 3.11. The van der Waals surface area contributed by atoms with Gasteiger partial charge in [-0.3, -0.25) is 0 Å². The lowest BCUT2D eigenvalue weighted by Crippen LogP contribution is -2.35. The maximum absolute atomic E-state index is 12.4. The molecule has 0 aliphatic carbocycles. The first-order valence-corrected chi connectivity index (χ1v) is 9.13. The van der Waals surface area contributed by atoms with Crippen molar-refractivity contribution in [3.05, 3.63) is 23.9 Å². The summed E-state index contributed by atoms with van der Waals surface area (Å²) in [4.78, 5) is 4.07. The molecule has 0 fully saturated rings. The van der Waals surface area contributed by atoms with Gasteiger partial charge in [-0.25, -0.2) is 18.1 Å². The van der Waals surface area contributed by atoms with E-state index < -0.39 is 10.0 Å². The molecular weight excluding hydrogens is 286 g/mol. The van der Waals surface area contributed by atoms with Crippen LogP contribution >= 0.6 is 0 Å². The summed E-state index contributed by atoms with van der Waals surface area (Å²) in [6, 6.07) is 3.36. The molecular formula is C15H27N3O2S. The highest BCUT2D eigenvalue weighted by molar-refractivity contribution is 7.89. The van der Waals surface area contributed by atoms with Gasteiger partial charge in [0.15, 0.2) is 5.03 Å². The van der Waals surface area contributed by atoms with E-state index in [2.05, 4.69) is 28.9 Å². The van der Waals surface area contributed by atoms with Crippen molar-refractivity contribution in [3.63, 3.8) is 0 Å². The highest BCUT2D eigenvalue weighted by atomic mass is 32.2. The third-order valence-corrected chi connectivity index (χ3v) is 4.75. The van der Waals surface area contributed by atoms with E-state index in [1.165, 1.54) is 0 Å². The average Bonchev–Trinajstić information content (AvgIpc) is 2.46. The molecule has 120 valence electrons. The summed E-state index contributed by atoms with van der Waals surface area (Å²) >= 11 is 0. The van der Waals surface area contributed by atoms with Gasteiger partial charge in [-0.05, 0) is 31.5 Å². The van der Waals surface area contributed by atoms with Crippen LogP contribution in [0.15, 0.2) is 23.4 Å². The van der Waals surface area contributed by atoms with Gasteiger partial charge in [0.05, 0.1) is 0 Å². The fraction of sp³-hybridized carbons (Fsp3) is 0.667. The third-order valence-electron chi connectivity index (χ3n) is 3.32. The lowest BCUT2D eigenvalue weighted by molar-refractivity contribution is 0.482. The predicted molar refractivity (Wildman–Crippen MR) is 85.5 cm³/mol. The molecule has 21 heavy (non-hydrogen) atoms. The smallest absolute Gasteiger partial charge is 0.258 e. The summed E-state index contributed by atoms with van der Waals surface area (Å²) in [5.41, 5.74) is 0.965. The number of aromatic nitrogens is 1. The molecule has 5 nitrogen and oxygen atoms in total. The lowest BCUT2D eigenvalue weighted by Gasteiger charge is -2.17. The van der Waals surface area contributed by atoms with Crippen molar-refractivity contribution in [2.24, 2.45) is 0 Å². The van der Waals surface area contributed by atoms with Crippen molar-refractivity contribution in [3.8, 4) is 0 Å². The highest BCUT2D eigenvalue weighted by Crippen LogP contribution is 2.12. The molecule has 1 heterocycles. The van der Waals surface area contributed by atoms with Crippen LogP contribution in [0.3, 0.4) is 0 Å². The van der Waals surface area contributed by atoms with Gasteiger partial charge >= 0.3 is 0 Å². The van der Waals surface area contributed by atoms with E-state index in [1.807, 2.05) is 7.05 Å². The molecule has 1 atom stereocenters. The van der Waals surface area contributed by atoms with E-state index in [-0.39, 0.29) is 11.1 Å². The van der Waals surface area contributed by atoms with Crippen molar-refractivity contribution in [1.29, 1.82) is 0 Å². The first kappa shape index (κ1) is 18.1. The van der Waals surface area contributed by atoms with Crippen LogP contribution in [0.4, 0.5) is 0 Å². The second kappa shape index (κ2) is 9.12. The fourth-order valence-corrected chi connectivity index (χ4v) is 3.45. The highest BCUT2D eigenvalue weighted by Gasteiger charge is 2.20. The van der Waals surface area contributed by atoms with E-state index in [4.69, 9.17) is 0 Å². The van der Waals surface area contributed by atoms with Gasteiger partial charge in [-0.2, -0.15) is 0 Å². The molecule has 0 bridgehead atoms. The SMILES string of the molecule is CCCCC(CCC)NS(=O)(=O)c1ccc(CNC)cn1. The van der Waals surface area contributed by atoms with Crippen LogP contribution in [0.5, 0.6) is 0 Å². The number of nitrogens with one attached hydrogen (secondary N) is 2. The Balaban J connectivity index is 2.77. The normalized spacial score (nSPS) is 13.3. The molecule has 1 rings (SSSR count). The number of rotatable bonds is 10. The summed E-state index contributed by atoms with van der Waals surface area (Å²) < 4.78 is 27.5. The van der Waals surface area contributed by atoms with Crippen LogP contribution in [-0.2, 0) is 16.6 Å². The Kier molecular flexibility index (Phi) is 7.85. The molecule has 0 saturated heterocycles. The van der Waals surface area contributed by atoms with Crippen LogP contribution in [0.2, 0.25) is 0 Å². The molecule has 0 aliphatic rings. The van der Waals surface area contributed by atoms with Gasteiger partial charge in [0, 0.05) is 18.8 Å². The topological polar surface area (TPSA) is 71.1 Å². The quantitative estimate of drug-likeness (QED) is 0.696. The Hall–Kier alpha value is -0.980. The zero-order chi connectivity index (χ0) is 15.7. The van der Waals surface area contributed by atoms with E-state index in [1.54, 1.807) is 18.3 Å².